The van der Waals surface area contributed by atoms with Crippen LogP contribution in [-0.4, -0.2) is 7.11 Å². The average molecular weight is 303 g/mol. The first-order valence-corrected chi connectivity index (χ1v) is 6.20. The highest BCUT2D eigenvalue weighted by molar-refractivity contribution is 6.43. The number of benzene rings is 2. The van der Waals surface area contributed by atoms with Gasteiger partial charge in [-0.2, -0.15) is 0 Å². The van der Waals surface area contributed by atoms with E-state index in [1.165, 1.54) is 25.3 Å². The summed E-state index contributed by atoms with van der Waals surface area (Å²) in [6.45, 7) is 0. The van der Waals surface area contributed by atoms with Gasteiger partial charge >= 0.3 is 0 Å². The number of hydrogen-bond donors (Lipinski definition) is 0. The first-order chi connectivity index (χ1) is 9.04. The van der Waals surface area contributed by atoms with Crippen LogP contribution in [0.15, 0.2) is 36.4 Å². The molecule has 0 spiro atoms. The van der Waals surface area contributed by atoms with Gasteiger partial charge in [-0.3, -0.25) is 0 Å². The lowest BCUT2D eigenvalue weighted by Crippen LogP contribution is -1.92. The molecule has 0 radical (unpaired) electrons. The molecule has 0 aromatic heterocycles. The summed E-state index contributed by atoms with van der Waals surface area (Å²) in [5, 5.41) is 0.678. The van der Waals surface area contributed by atoms with Crippen LogP contribution in [0.25, 0.3) is 11.1 Å². The molecule has 2 aromatic rings. The molecule has 2 rings (SSSR count). The van der Waals surface area contributed by atoms with E-state index in [0.29, 0.717) is 26.9 Å². The van der Waals surface area contributed by atoms with Crippen LogP contribution in [-0.2, 0) is 0 Å². The summed E-state index contributed by atoms with van der Waals surface area (Å²) in [4.78, 5) is 0. The van der Waals surface area contributed by atoms with Gasteiger partial charge in [0.2, 0.25) is 0 Å². The highest BCUT2D eigenvalue weighted by atomic mass is 35.5. The molecule has 0 unspecified atom stereocenters. The van der Waals surface area contributed by atoms with Crippen molar-refractivity contribution in [3.63, 3.8) is 0 Å². The Labute approximate surface area is 119 Å². The van der Waals surface area contributed by atoms with Crippen LogP contribution in [0.4, 0.5) is 8.78 Å². The van der Waals surface area contributed by atoms with Crippen molar-refractivity contribution in [2.24, 2.45) is 0 Å². The number of methoxy groups -OCH3 is 1. The standard InChI is InChI=1S/C14H10Cl2F2O/c1-19-12-6-5-8(14(17)18)7-10(12)9-3-2-4-11(15)13(9)16/h2-7,14H,1H3. The maximum absolute atomic E-state index is 12.8. The van der Waals surface area contributed by atoms with Crippen molar-refractivity contribution in [3.05, 3.63) is 52.0 Å². The third kappa shape index (κ3) is 2.82. The van der Waals surface area contributed by atoms with Gasteiger partial charge in [-0.1, -0.05) is 35.3 Å². The Bertz CT molecular complexity index is 600. The van der Waals surface area contributed by atoms with E-state index in [-0.39, 0.29) is 5.56 Å². The fourth-order valence-electron chi connectivity index (χ4n) is 1.78. The normalized spacial score (nSPS) is 10.8. The SMILES string of the molecule is COc1ccc(C(F)F)cc1-c1cccc(Cl)c1Cl. The molecule has 0 fully saturated rings. The van der Waals surface area contributed by atoms with Crippen molar-refractivity contribution < 1.29 is 13.5 Å². The lowest BCUT2D eigenvalue weighted by molar-refractivity contribution is 0.151. The van der Waals surface area contributed by atoms with E-state index in [1.54, 1.807) is 18.2 Å². The van der Waals surface area contributed by atoms with E-state index >= 15 is 0 Å². The van der Waals surface area contributed by atoms with Gasteiger partial charge in [-0.25, -0.2) is 8.78 Å². The van der Waals surface area contributed by atoms with E-state index in [0.717, 1.165) is 0 Å². The van der Waals surface area contributed by atoms with Crippen LogP contribution in [0.5, 0.6) is 5.75 Å². The molecule has 0 saturated carbocycles. The highest BCUT2D eigenvalue weighted by Crippen LogP contribution is 2.39. The van der Waals surface area contributed by atoms with Gasteiger partial charge in [0, 0.05) is 16.7 Å². The minimum Gasteiger partial charge on any atom is -0.496 e. The average Bonchev–Trinajstić information content (AvgIpc) is 2.41. The lowest BCUT2D eigenvalue weighted by Gasteiger charge is -2.12. The summed E-state index contributed by atoms with van der Waals surface area (Å²) < 4.78 is 30.7. The Hall–Kier alpha value is -1.32. The molecule has 0 atom stereocenters. The Morgan fingerprint density at radius 2 is 1.79 bits per heavy atom. The molecule has 2 aromatic carbocycles. The predicted octanol–water partition coefficient (Wildman–Crippen LogP) is 5.61. The van der Waals surface area contributed by atoms with E-state index in [4.69, 9.17) is 27.9 Å². The largest absolute Gasteiger partial charge is 0.496 e. The van der Waals surface area contributed by atoms with Crippen molar-refractivity contribution in [1.29, 1.82) is 0 Å². The number of hydrogen-bond acceptors (Lipinski definition) is 1. The Morgan fingerprint density at radius 1 is 1.05 bits per heavy atom. The van der Waals surface area contributed by atoms with Crippen molar-refractivity contribution in [2.45, 2.75) is 6.43 Å². The van der Waals surface area contributed by atoms with Gasteiger partial charge in [0.25, 0.3) is 6.43 Å². The van der Waals surface area contributed by atoms with Crippen LogP contribution in [0, 0.1) is 0 Å². The fraction of sp³-hybridized carbons (Fsp3) is 0.143. The number of ether oxygens (including phenoxy) is 1. The van der Waals surface area contributed by atoms with Gasteiger partial charge in [-0.15, -0.1) is 0 Å². The maximum Gasteiger partial charge on any atom is 0.263 e. The van der Waals surface area contributed by atoms with Crippen LogP contribution >= 0.6 is 23.2 Å². The molecule has 0 saturated heterocycles. The predicted molar refractivity (Wildman–Crippen MR) is 73.4 cm³/mol. The second-order valence-electron chi connectivity index (χ2n) is 3.86. The molecule has 0 aliphatic rings. The Morgan fingerprint density at radius 3 is 2.42 bits per heavy atom. The molecule has 1 nitrogen and oxygen atoms in total. The summed E-state index contributed by atoms with van der Waals surface area (Å²) in [5.74, 6) is 0.466. The summed E-state index contributed by atoms with van der Waals surface area (Å²) in [7, 11) is 1.47. The van der Waals surface area contributed by atoms with E-state index in [9.17, 15) is 8.78 Å². The third-order valence-corrected chi connectivity index (χ3v) is 3.54. The lowest BCUT2D eigenvalue weighted by atomic mass is 10.0. The summed E-state index contributed by atoms with van der Waals surface area (Å²) >= 11 is 12.1. The zero-order valence-electron chi connectivity index (χ0n) is 9.96. The molecular formula is C14H10Cl2F2O. The monoisotopic (exact) mass is 302 g/mol. The molecule has 19 heavy (non-hydrogen) atoms. The van der Waals surface area contributed by atoms with Crippen LogP contribution in [0.1, 0.15) is 12.0 Å². The molecule has 0 aliphatic carbocycles. The van der Waals surface area contributed by atoms with E-state index < -0.39 is 6.43 Å². The quantitative estimate of drug-likeness (QED) is 0.716. The first kappa shape index (κ1) is 14.1. The van der Waals surface area contributed by atoms with Crippen molar-refractivity contribution in [3.8, 4) is 16.9 Å². The smallest absolute Gasteiger partial charge is 0.263 e. The van der Waals surface area contributed by atoms with Gasteiger partial charge in [0.05, 0.1) is 17.2 Å². The second-order valence-corrected chi connectivity index (χ2v) is 4.65. The molecular weight excluding hydrogens is 293 g/mol. The summed E-state index contributed by atoms with van der Waals surface area (Å²) in [6.07, 6.45) is -2.55. The highest BCUT2D eigenvalue weighted by Gasteiger charge is 2.15. The topological polar surface area (TPSA) is 9.23 Å². The second kappa shape index (κ2) is 5.76. The molecule has 0 bridgehead atoms. The van der Waals surface area contributed by atoms with Crippen molar-refractivity contribution in [2.75, 3.05) is 7.11 Å². The molecule has 0 N–H and O–H groups in total. The van der Waals surface area contributed by atoms with E-state index in [2.05, 4.69) is 0 Å². The maximum atomic E-state index is 12.8. The molecule has 100 valence electrons. The minimum absolute atomic E-state index is 0.0909. The van der Waals surface area contributed by atoms with Crippen molar-refractivity contribution >= 4 is 23.2 Å². The van der Waals surface area contributed by atoms with E-state index in [1.807, 2.05) is 0 Å². The zero-order chi connectivity index (χ0) is 14.0. The van der Waals surface area contributed by atoms with Gasteiger partial charge in [0.1, 0.15) is 5.75 Å². The number of halogens is 4. The van der Waals surface area contributed by atoms with Crippen LogP contribution in [0.3, 0.4) is 0 Å². The third-order valence-electron chi connectivity index (χ3n) is 2.72. The Kier molecular flexibility index (Phi) is 4.27. The molecule has 5 heteroatoms. The number of alkyl halides is 2. The van der Waals surface area contributed by atoms with Gasteiger partial charge < -0.3 is 4.74 Å². The van der Waals surface area contributed by atoms with Gasteiger partial charge in [0.15, 0.2) is 0 Å². The van der Waals surface area contributed by atoms with Crippen LogP contribution in [0.2, 0.25) is 10.0 Å². The van der Waals surface area contributed by atoms with Crippen molar-refractivity contribution in [1.82, 2.24) is 0 Å². The van der Waals surface area contributed by atoms with Gasteiger partial charge in [-0.05, 0) is 24.3 Å². The summed E-state index contributed by atoms with van der Waals surface area (Å²) in [6, 6.07) is 9.23. The fourth-order valence-corrected chi connectivity index (χ4v) is 2.19. The summed E-state index contributed by atoms with van der Waals surface area (Å²) in [5.41, 5.74) is 0.966. The molecule has 0 heterocycles. The molecule has 0 aliphatic heterocycles. The number of rotatable bonds is 3. The first-order valence-electron chi connectivity index (χ1n) is 5.45. The zero-order valence-corrected chi connectivity index (χ0v) is 11.5. The Balaban J connectivity index is 2.65. The van der Waals surface area contributed by atoms with Crippen LogP contribution < -0.4 is 4.74 Å². The minimum atomic E-state index is -2.55. The molecule has 0 amide bonds.